The lowest BCUT2D eigenvalue weighted by Crippen LogP contribution is -2.79. The van der Waals surface area contributed by atoms with Crippen molar-refractivity contribution >= 4 is 22.6 Å². The van der Waals surface area contributed by atoms with Crippen LogP contribution in [0.4, 0.5) is 5.69 Å². The van der Waals surface area contributed by atoms with Crippen LogP contribution in [0.1, 0.15) is 68.3 Å². The monoisotopic (exact) mass is 740 g/mol. The van der Waals surface area contributed by atoms with Crippen molar-refractivity contribution in [3.05, 3.63) is 70.9 Å². The molecule has 1 saturated carbocycles. The number of aliphatic hydroxyl groups excluding tert-OH is 2. The molecule has 0 radical (unpaired) electrons. The lowest BCUT2D eigenvalue weighted by Gasteiger charge is -2.64. The van der Waals surface area contributed by atoms with Crippen molar-refractivity contribution in [2.45, 2.75) is 92.6 Å². The number of fused-ring (bicyclic) bond motifs is 6. The third-order valence-corrected chi connectivity index (χ3v) is 15.2. The van der Waals surface area contributed by atoms with Gasteiger partial charge in [0.25, 0.3) is 0 Å². The molecule has 6 aliphatic rings. The van der Waals surface area contributed by atoms with Gasteiger partial charge in [0, 0.05) is 84.0 Å². The maximum atomic E-state index is 15.2. The first-order valence-electron chi connectivity index (χ1n) is 19.9. The molecule has 11 nitrogen and oxygen atoms in total. The van der Waals surface area contributed by atoms with Crippen LogP contribution in [0.3, 0.4) is 0 Å². The molecule has 54 heavy (non-hydrogen) atoms. The van der Waals surface area contributed by atoms with Crippen LogP contribution in [0.15, 0.2) is 48.6 Å². The Labute approximate surface area is 317 Å². The fraction of sp³-hybridized carbons (Fsp3) is 0.605. The molecular formula is C43H56N4O7. The minimum atomic E-state index is -1.84. The zero-order valence-corrected chi connectivity index (χ0v) is 32.3. The van der Waals surface area contributed by atoms with Crippen LogP contribution in [0.25, 0.3) is 10.9 Å². The maximum absolute atomic E-state index is 15.2. The fourth-order valence-corrected chi connectivity index (χ4v) is 13.1. The number of hydrogen-bond acceptors (Lipinski definition) is 10. The third kappa shape index (κ3) is 4.42. The van der Waals surface area contributed by atoms with E-state index in [2.05, 4.69) is 52.1 Å². The minimum absolute atomic E-state index is 0.0470. The lowest BCUT2D eigenvalue weighted by molar-refractivity contribution is -0.213. The minimum Gasteiger partial charge on any atom is -0.496 e. The predicted octanol–water partition coefficient (Wildman–Crippen LogP) is 3.24. The average molecular weight is 741 g/mol. The fourth-order valence-electron chi connectivity index (χ4n) is 13.1. The van der Waals surface area contributed by atoms with Gasteiger partial charge < -0.3 is 39.8 Å². The first-order valence-corrected chi connectivity index (χ1v) is 19.9. The molecule has 290 valence electrons. The normalized spacial score (nSPS) is 39.6. The zero-order valence-electron chi connectivity index (χ0n) is 32.3. The first-order chi connectivity index (χ1) is 25.9. The molecule has 10 atom stereocenters. The SMILES string of the molecule is CC[C@]1(O)C[C@H]2CN(CCc3c([nH]c4ccccc34)[C@@](C(=O)OC)(c3cc4c(cc3OC)N(C)C3C45CCN4CC=C[C@](CC)(C45)[C@@H](O)[C@]3(O)CO)C2)C1. The number of nitrogens with one attached hydrogen (secondary N) is 1. The number of aliphatic hydroxyl groups is 4. The van der Waals surface area contributed by atoms with Crippen LogP contribution in [0.2, 0.25) is 0 Å². The number of carbonyl (C=O) groups excluding carboxylic acids is 1. The number of anilines is 1. The second kappa shape index (κ2) is 12.3. The van der Waals surface area contributed by atoms with Crippen molar-refractivity contribution in [3.8, 4) is 5.75 Å². The molecule has 2 bridgehead atoms. The van der Waals surface area contributed by atoms with Gasteiger partial charge in [-0.2, -0.15) is 0 Å². The molecule has 1 spiro atoms. The van der Waals surface area contributed by atoms with Crippen LogP contribution in [-0.2, 0) is 26.8 Å². The van der Waals surface area contributed by atoms with Gasteiger partial charge in [0.1, 0.15) is 16.8 Å². The number of piperidine rings is 1. The summed E-state index contributed by atoms with van der Waals surface area (Å²) in [5.74, 6) is 0.0845. The van der Waals surface area contributed by atoms with E-state index in [9.17, 15) is 20.4 Å². The Morgan fingerprint density at radius 2 is 1.83 bits per heavy atom. The molecule has 11 heteroatoms. The highest BCUT2D eigenvalue weighted by molar-refractivity contribution is 5.94. The summed E-state index contributed by atoms with van der Waals surface area (Å²) in [7, 11) is 5.04. The number of nitrogens with zero attached hydrogens (tertiary/aromatic N) is 3. The summed E-state index contributed by atoms with van der Waals surface area (Å²) in [5.41, 5.74) is -0.260. The van der Waals surface area contributed by atoms with Gasteiger partial charge >= 0.3 is 5.97 Å². The van der Waals surface area contributed by atoms with Gasteiger partial charge in [0.05, 0.1) is 38.6 Å². The highest BCUT2D eigenvalue weighted by Crippen LogP contribution is 2.67. The number of para-hydroxylation sites is 1. The molecule has 0 amide bonds. The number of aromatic nitrogens is 1. The molecule has 5 aliphatic heterocycles. The number of carbonyl (C=O) groups is 1. The Kier molecular flexibility index (Phi) is 8.23. The molecule has 1 aliphatic carbocycles. The van der Waals surface area contributed by atoms with Gasteiger partial charge in [-0.1, -0.05) is 44.2 Å². The first kappa shape index (κ1) is 36.2. The largest absolute Gasteiger partial charge is 0.496 e. The summed E-state index contributed by atoms with van der Waals surface area (Å²) in [5, 5.41) is 49.0. The predicted molar refractivity (Wildman–Crippen MR) is 206 cm³/mol. The number of ether oxygens (including phenoxy) is 2. The van der Waals surface area contributed by atoms with Gasteiger partial charge in [-0.3, -0.25) is 14.6 Å². The van der Waals surface area contributed by atoms with E-state index in [4.69, 9.17) is 9.47 Å². The van der Waals surface area contributed by atoms with Crippen molar-refractivity contribution in [1.82, 2.24) is 14.8 Å². The van der Waals surface area contributed by atoms with Crippen LogP contribution >= 0.6 is 0 Å². The number of aromatic amines is 1. The molecule has 1 aromatic heterocycles. The molecule has 4 unspecified atom stereocenters. The Balaban J connectivity index is 1.36. The van der Waals surface area contributed by atoms with E-state index in [1.54, 1.807) is 7.11 Å². The van der Waals surface area contributed by atoms with Gasteiger partial charge in [-0.15, -0.1) is 0 Å². The number of esters is 1. The molecular weight excluding hydrogens is 684 g/mol. The summed E-state index contributed by atoms with van der Waals surface area (Å²) < 4.78 is 12.3. The van der Waals surface area contributed by atoms with E-state index in [0.717, 1.165) is 59.6 Å². The second-order valence-corrected chi connectivity index (χ2v) is 17.4. The number of benzene rings is 2. The number of H-pyrrole nitrogens is 1. The van der Waals surface area contributed by atoms with E-state index in [0.29, 0.717) is 56.4 Å². The quantitative estimate of drug-likeness (QED) is 0.189. The Bertz CT molecular complexity index is 2030. The summed E-state index contributed by atoms with van der Waals surface area (Å²) in [6, 6.07) is 11.6. The van der Waals surface area contributed by atoms with Gasteiger partial charge in [-0.25, -0.2) is 0 Å². The molecule has 6 heterocycles. The Morgan fingerprint density at radius 3 is 2.56 bits per heavy atom. The molecule has 9 rings (SSSR count). The lowest BCUT2D eigenvalue weighted by atomic mass is 9.48. The van der Waals surface area contributed by atoms with Crippen LogP contribution in [-0.4, -0.2) is 131 Å². The molecule has 2 saturated heterocycles. The van der Waals surface area contributed by atoms with E-state index >= 15 is 4.79 Å². The van der Waals surface area contributed by atoms with Crippen molar-refractivity contribution in [1.29, 1.82) is 0 Å². The summed E-state index contributed by atoms with van der Waals surface area (Å²) >= 11 is 0. The van der Waals surface area contributed by atoms with Gasteiger partial charge in [-0.05, 0) is 74.2 Å². The van der Waals surface area contributed by atoms with Crippen molar-refractivity contribution in [3.63, 3.8) is 0 Å². The van der Waals surface area contributed by atoms with Crippen LogP contribution in [0, 0.1) is 11.3 Å². The standard InChI is InChI=1S/C43H56N4O7/c1-6-39(51)21-26-22-42(38(50)54-5,34-28(13-17-46(23-26)24-39)27-11-8-9-12-31(27)44-34)30-19-29-32(20-33(30)53-4)45(3)36-41(29)15-18-47-16-10-14-40(7-2,35(41)47)37(49)43(36,52)25-48/h8-12,14,19-20,26,35-37,44,48-49,51-52H,6-7,13,15-18,21-25H2,1-5H3/t26-,35?,36?,37-,39+,40-,41?,42+,43+/m1/s1. The molecule has 5 N–H and O–H groups in total. The Hall–Kier alpha value is -3.45. The zero-order chi connectivity index (χ0) is 38.0. The summed E-state index contributed by atoms with van der Waals surface area (Å²) in [6.07, 6.45) is 6.50. The van der Waals surface area contributed by atoms with Crippen molar-refractivity contribution in [2.75, 3.05) is 65.5 Å². The average Bonchev–Trinajstić information content (AvgIpc) is 3.85. The van der Waals surface area contributed by atoms with Crippen molar-refractivity contribution in [2.24, 2.45) is 11.3 Å². The smallest absolute Gasteiger partial charge is 0.322 e. The van der Waals surface area contributed by atoms with E-state index < -0.39 is 52.2 Å². The number of methoxy groups -OCH3 is 2. The number of likely N-dealkylation sites (N-methyl/N-ethyl adjacent to an activating group) is 1. The van der Waals surface area contributed by atoms with Crippen molar-refractivity contribution < 1.29 is 34.7 Å². The summed E-state index contributed by atoms with van der Waals surface area (Å²) in [6.45, 7) is 7.07. The second-order valence-electron chi connectivity index (χ2n) is 17.4. The molecule has 2 aromatic carbocycles. The van der Waals surface area contributed by atoms with Gasteiger partial charge in [0.15, 0.2) is 0 Å². The molecule has 3 fully saturated rings. The number of rotatable bonds is 6. The summed E-state index contributed by atoms with van der Waals surface area (Å²) in [4.78, 5) is 25.8. The van der Waals surface area contributed by atoms with Gasteiger partial charge in [0.2, 0.25) is 0 Å². The van der Waals surface area contributed by atoms with E-state index in [1.807, 2.05) is 37.1 Å². The van der Waals surface area contributed by atoms with E-state index in [-0.39, 0.29) is 12.0 Å². The maximum Gasteiger partial charge on any atom is 0.322 e. The topological polar surface area (TPSA) is 142 Å². The van der Waals surface area contributed by atoms with Crippen LogP contribution in [0.5, 0.6) is 5.75 Å². The third-order valence-electron chi connectivity index (χ3n) is 15.2. The highest BCUT2D eigenvalue weighted by Gasteiger charge is 2.76. The highest BCUT2D eigenvalue weighted by atomic mass is 16.5. The Morgan fingerprint density at radius 1 is 1.04 bits per heavy atom. The molecule has 3 aromatic rings. The number of hydrogen-bond donors (Lipinski definition) is 5. The van der Waals surface area contributed by atoms with Crippen LogP contribution < -0.4 is 9.64 Å². The van der Waals surface area contributed by atoms with E-state index in [1.165, 1.54) is 7.11 Å².